The first-order valence-electron chi connectivity index (χ1n) is 7.37. The predicted molar refractivity (Wildman–Crippen MR) is 92.4 cm³/mol. The van der Waals surface area contributed by atoms with Gasteiger partial charge in [0.2, 0.25) is 0 Å². The van der Waals surface area contributed by atoms with E-state index in [0.29, 0.717) is 0 Å². The lowest BCUT2D eigenvalue weighted by molar-refractivity contribution is 0.589. The number of nitrogens with zero attached hydrogens (tertiary/aromatic N) is 2. The van der Waals surface area contributed by atoms with Crippen molar-refractivity contribution in [3.63, 3.8) is 0 Å². The third-order valence-electron chi connectivity index (χ3n) is 3.46. The molecule has 0 radical (unpaired) electrons. The summed E-state index contributed by atoms with van der Waals surface area (Å²) in [6.07, 6.45) is 0. The van der Waals surface area contributed by atoms with Crippen LogP contribution in [0.3, 0.4) is 0 Å². The monoisotopic (exact) mass is 313 g/mol. The lowest BCUT2D eigenvalue weighted by Crippen LogP contribution is -2.43. The van der Waals surface area contributed by atoms with E-state index in [1.807, 2.05) is 43.3 Å². The standard InChI is InChI=1S/C12H15N3.C6H5Cl/c1-10-2-3-12(11(8-10)9-13)15-6-4-14-5-7-15;7-6-4-2-1-3-5-6/h2-3,8,14H,4-7H2,1H3;1-5H. The fraction of sp³-hybridized carbons (Fsp3) is 0.278. The van der Waals surface area contributed by atoms with Crippen molar-refractivity contribution in [3.05, 3.63) is 64.7 Å². The van der Waals surface area contributed by atoms with Crippen molar-refractivity contribution >= 4 is 17.3 Å². The molecular formula is C18H20ClN3. The Morgan fingerprint density at radius 1 is 1.09 bits per heavy atom. The molecule has 3 rings (SSSR count). The highest BCUT2D eigenvalue weighted by molar-refractivity contribution is 6.30. The van der Waals surface area contributed by atoms with E-state index in [4.69, 9.17) is 16.9 Å². The number of hydrogen-bond donors (Lipinski definition) is 1. The summed E-state index contributed by atoms with van der Waals surface area (Å²) in [5.41, 5.74) is 3.01. The zero-order chi connectivity index (χ0) is 15.8. The van der Waals surface area contributed by atoms with Crippen molar-refractivity contribution in [2.45, 2.75) is 6.92 Å². The van der Waals surface area contributed by atoms with Gasteiger partial charge in [0.1, 0.15) is 6.07 Å². The van der Waals surface area contributed by atoms with Crippen LogP contribution >= 0.6 is 11.6 Å². The van der Waals surface area contributed by atoms with Crippen LogP contribution in [0.15, 0.2) is 48.5 Å². The minimum absolute atomic E-state index is 0.789. The number of piperazine rings is 1. The van der Waals surface area contributed by atoms with Gasteiger partial charge >= 0.3 is 0 Å². The Morgan fingerprint density at radius 3 is 2.32 bits per heavy atom. The topological polar surface area (TPSA) is 39.1 Å². The van der Waals surface area contributed by atoms with Gasteiger partial charge in [0.15, 0.2) is 0 Å². The number of halogens is 1. The number of anilines is 1. The summed E-state index contributed by atoms with van der Waals surface area (Å²) in [6, 6.07) is 17.8. The van der Waals surface area contributed by atoms with Gasteiger partial charge in [-0.25, -0.2) is 0 Å². The van der Waals surface area contributed by atoms with Crippen molar-refractivity contribution < 1.29 is 0 Å². The second-order valence-corrected chi connectivity index (χ2v) is 5.60. The molecule has 3 nitrogen and oxygen atoms in total. The Labute approximate surface area is 137 Å². The van der Waals surface area contributed by atoms with E-state index in [-0.39, 0.29) is 0 Å². The molecule has 4 heteroatoms. The molecule has 1 heterocycles. The summed E-state index contributed by atoms with van der Waals surface area (Å²) in [5.74, 6) is 0. The summed E-state index contributed by atoms with van der Waals surface area (Å²) in [4.78, 5) is 2.27. The number of nitriles is 1. The molecule has 0 bridgehead atoms. The third kappa shape index (κ3) is 4.77. The zero-order valence-electron chi connectivity index (χ0n) is 12.7. The van der Waals surface area contributed by atoms with Crippen LogP contribution in [0.1, 0.15) is 11.1 Å². The predicted octanol–water partition coefficient (Wildman–Crippen LogP) is 3.62. The molecule has 0 aromatic heterocycles. The summed E-state index contributed by atoms with van der Waals surface area (Å²) in [6.45, 7) is 5.98. The van der Waals surface area contributed by atoms with Crippen LogP contribution < -0.4 is 10.2 Å². The first kappa shape index (κ1) is 16.4. The molecule has 1 aliphatic heterocycles. The Balaban J connectivity index is 0.000000211. The number of benzene rings is 2. The maximum absolute atomic E-state index is 9.08. The first-order valence-corrected chi connectivity index (χ1v) is 7.75. The van der Waals surface area contributed by atoms with E-state index in [2.05, 4.69) is 28.4 Å². The highest BCUT2D eigenvalue weighted by Crippen LogP contribution is 2.21. The van der Waals surface area contributed by atoms with Gasteiger partial charge in [0.05, 0.1) is 11.3 Å². The summed E-state index contributed by atoms with van der Waals surface area (Å²) in [5, 5.41) is 13.2. The van der Waals surface area contributed by atoms with Crippen LogP contribution in [0, 0.1) is 18.3 Å². The maximum atomic E-state index is 9.08. The Hall–Kier alpha value is -2.02. The number of hydrogen-bond acceptors (Lipinski definition) is 3. The molecule has 0 saturated carbocycles. The highest BCUT2D eigenvalue weighted by Gasteiger charge is 2.13. The van der Waals surface area contributed by atoms with Crippen LogP contribution in [0.5, 0.6) is 0 Å². The molecule has 2 aromatic carbocycles. The van der Waals surface area contributed by atoms with Crippen LogP contribution in [-0.4, -0.2) is 26.2 Å². The Morgan fingerprint density at radius 2 is 1.77 bits per heavy atom. The van der Waals surface area contributed by atoms with Gasteiger partial charge in [-0.3, -0.25) is 0 Å². The second kappa shape index (κ2) is 8.43. The van der Waals surface area contributed by atoms with E-state index >= 15 is 0 Å². The Bertz CT molecular complexity index is 629. The summed E-state index contributed by atoms with van der Waals surface area (Å²) < 4.78 is 0. The largest absolute Gasteiger partial charge is 0.368 e. The molecule has 114 valence electrons. The van der Waals surface area contributed by atoms with Gasteiger partial charge in [0, 0.05) is 31.2 Å². The molecule has 0 amide bonds. The summed E-state index contributed by atoms with van der Waals surface area (Å²) in [7, 11) is 0. The van der Waals surface area contributed by atoms with Gasteiger partial charge in [-0.1, -0.05) is 35.9 Å². The SMILES string of the molecule is Cc1ccc(N2CCNCC2)c(C#N)c1.Clc1ccccc1. The smallest absolute Gasteiger partial charge is 0.101 e. The molecule has 1 aliphatic rings. The number of rotatable bonds is 1. The van der Waals surface area contributed by atoms with Crippen LogP contribution in [0.2, 0.25) is 5.02 Å². The van der Waals surface area contributed by atoms with Crippen molar-refractivity contribution in [3.8, 4) is 6.07 Å². The molecule has 0 unspecified atom stereocenters. The quantitative estimate of drug-likeness (QED) is 0.874. The van der Waals surface area contributed by atoms with Crippen LogP contribution in [0.25, 0.3) is 0 Å². The lowest BCUT2D eigenvalue weighted by Gasteiger charge is -2.30. The van der Waals surface area contributed by atoms with Gasteiger partial charge < -0.3 is 10.2 Å². The second-order valence-electron chi connectivity index (χ2n) is 5.17. The molecule has 0 spiro atoms. The van der Waals surface area contributed by atoms with E-state index in [1.54, 1.807) is 0 Å². The minimum atomic E-state index is 0.789. The van der Waals surface area contributed by atoms with E-state index in [1.165, 1.54) is 0 Å². The number of nitrogens with one attached hydrogen (secondary N) is 1. The van der Waals surface area contributed by atoms with Gasteiger partial charge in [0.25, 0.3) is 0 Å². The average Bonchev–Trinajstić information content (AvgIpc) is 2.57. The summed E-state index contributed by atoms with van der Waals surface area (Å²) >= 11 is 5.54. The van der Waals surface area contributed by atoms with E-state index in [9.17, 15) is 0 Å². The molecule has 1 fully saturated rings. The number of aryl methyl sites for hydroxylation is 1. The lowest BCUT2D eigenvalue weighted by atomic mass is 10.1. The highest BCUT2D eigenvalue weighted by atomic mass is 35.5. The molecule has 1 N–H and O–H groups in total. The first-order chi connectivity index (χ1) is 10.7. The molecule has 0 atom stereocenters. The van der Waals surface area contributed by atoms with Gasteiger partial charge in [-0.2, -0.15) is 5.26 Å². The third-order valence-corrected chi connectivity index (χ3v) is 3.72. The molecule has 2 aromatic rings. The fourth-order valence-corrected chi connectivity index (χ4v) is 2.48. The molecule has 22 heavy (non-hydrogen) atoms. The van der Waals surface area contributed by atoms with Crippen molar-refractivity contribution in [1.82, 2.24) is 5.32 Å². The Kier molecular flexibility index (Phi) is 6.27. The zero-order valence-corrected chi connectivity index (χ0v) is 13.5. The molecule has 1 saturated heterocycles. The van der Waals surface area contributed by atoms with E-state index < -0.39 is 0 Å². The van der Waals surface area contributed by atoms with E-state index in [0.717, 1.165) is 48.0 Å². The maximum Gasteiger partial charge on any atom is 0.101 e. The van der Waals surface area contributed by atoms with Crippen LogP contribution in [-0.2, 0) is 0 Å². The minimum Gasteiger partial charge on any atom is -0.368 e. The molecule has 0 aliphatic carbocycles. The van der Waals surface area contributed by atoms with Crippen molar-refractivity contribution in [2.75, 3.05) is 31.1 Å². The molecular weight excluding hydrogens is 294 g/mol. The fourth-order valence-electron chi connectivity index (χ4n) is 2.34. The van der Waals surface area contributed by atoms with Crippen molar-refractivity contribution in [1.29, 1.82) is 5.26 Å². The van der Waals surface area contributed by atoms with Gasteiger partial charge in [-0.05, 0) is 36.8 Å². The van der Waals surface area contributed by atoms with Crippen molar-refractivity contribution in [2.24, 2.45) is 0 Å². The normalized spacial score (nSPS) is 13.8. The van der Waals surface area contributed by atoms with Gasteiger partial charge in [-0.15, -0.1) is 0 Å². The van der Waals surface area contributed by atoms with Crippen LogP contribution in [0.4, 0.5) is 5.69 Å². The average molecular weight is 314 g/mol.